The van der Waals surface area contributed by atoms with Gasteiger partial charge in [0.1, 0.15) is 17.9 Å². The molecule has 1 amide bonds. The molecular weight excluding hydrogens is 290 g/mol. The van der Waals surface area contributed by atoms with Crippen LogP contribution in [0, 0.1) is 0 Å². The predicted molar refractivity (Wildman–Crippen MR) is 76.8 cm³/mol. The van der Waals surface area contributed by atoms with Crippen LogP contribution >= 0.6 is 0 Å². The van der Waals surface area contributed by atoms with E-state index in [4.69, 9.17) is 10.5 Å². The zero-order valence-electron chi connectivity index (χ0n) is 12.1. The maximum Gasteiger partial charge on any atom is 0.250 e. The van der Waals surface area contributed by atoms with E-state index in [0.717, 1.165) is 0 Å². The van der Waals surface area contributed by atoms with Gasteiger partial charge in [-0.25, -0.2) is 15.0 Å². The number of aromatic nitrogens is 4. The molecule has 5 N–H and O–H groups in total. The normalized spacial score (nSPS) is 28.0. The van der Waals surface area contributed by atoms with Crippen LogP contribution in [0.5, 0.6) is 0 Å². The van der Waals surface area contributed by atoms with Crippen LogP contribution < -0.4 is 16.4 Å². The molecule has 4 atom stereocenters. The van der Waals surface area contributed by atoms with Gasteiger partial charge < -0.3 is 26.2 Å². The summed E-state index contributed by atoms with van der Waals surface area (Å²) in [5.74, 6) is 0.174. The Labute approximate surface area is 125 Å². The van der Waals surface area contributed by atoms with Gasteiger partial charge in [0.25, 0.3) is 5.91 Å². The van der Waals surface area contributed by atoms with E-state index in [1.807, 2.05) is 0 Å². The lowest BCUT2D eigenvalue weighted by atomic mass is 10.1. The van der Waals surface area contributed by atoms with E-state index in [2.05, 4.69) is 25.6 Å². The van der Waals surface area contributed by atoms with E-state index in [1.165, 1.54) is 19.7 Å². The van der Waals surface area contributed by atoms with Crippen LogP contribution in [0.3, 0.4) is 0 Å². The molecule has 1 saturated heterocycles. The molecule has 0 aromatic carbocycles. The van der Waals surface area contributed by atoms with Crippen molar-refractivity contribution in [2.45, 2.75) is 24.5 Å². The fourth-order valence-corrected chi connectivity index (χ4v) is 2.52. The molecule has 2 aromatic heterocycles. The quantitative estimate of drug-likeness (QED) is 0.520. The minimum atomic E-state index is -1.06. The highest BCUT2D eigenvalue weighted by molar-refractivity contribution is 5.83. The molecule has 1 aliphatic rings. The Morgan fingerprint density at radius 1 is 1.41 bits per heavy atom. The van der Waals surface area contributed by atoms with Gasteiger partial charge in [-0.2, -0.15) is 0 Å². The average molecular weight is 307 g/mol. The number of imidazole rings is 1. The van der Waals surface area contributed by atoms with Crippen LogP contribution in [0.25, 0.3) is 11.2 Å². The van der Waals surface area contributed by atoms with Crippen molar-refractivity contribution >= 4 is 22.9 Å². The Bertz CT molecular complexity index is 703. The average Bonchev–Trinajstić information content (AvgIpc) is 3.09. The second-order valence-corrected chi connectivity index (χ2v) is 4.93. The fraction of sp³-hybridized carbons (Fsp3) is 0.500. The predicted octanol–water partition coefficient (Wildman–Crippen LogP) is -1.80. The summed E-state index contributed by atoms with van der Waals surface area (Å²) in [5, 5.41) is 15.7. The van der Waals surface area contributed by atoms with Gasteiger partial charge in [-0.05, 0) is 0 Å². The van der Waals surface area contributed by atoms with E-state index in [9.17, 15) is 9.90 Å². The van der Waals surface area contributed by atoms with Gasteiger partial charge in [0.05, 0.1) is 12.4 Å². The number of likely N-dealkylation sites (N-methyl/N-ethyl adjacent to an activating group) is 1. The number of hydrogen-bond acceptors (Lipinski definition) is 8. The van der Waals surface area contributed by atoms with Crippen molar-refractivity contribution < 1.29 is 14.6 Å². The molecule has 118 valence electrons. The number of nitrogens with zero attached hydrogens (tertiary/aromatic N) is 4. The summed E-state index contributed by atoms with van der Waals surface area (Å²) in [5.41, 5.74) is 6.90. The summed E-state index contributed by atoms with van der Waals surface area (Å²) in [6.07, 6.45) is 0.0132. The van der Waals surface area contributed by atoms with Gasteiger partial charge in [0.15, 0.2) is 23.8 Å². The first-order valence-electron chi connectivity index (χ1n) is 6.74. The number of fused-ring (bicyclic) bond motifs is 1. The molecule has 0 aliphatic carbocycles. The Hall–Kier alpha value is -2.30. The largest absolute Gasteiger partial charge is 0.387 e. The molecule has 3 heterocycles. The molecule has 1 fully saturated rings. The molecule has 0 spiro atoms. The number of carbonyl (C=O) groups is 1. The topological polar surface area (TPSA) is 140 Å². The van der Waals surface area contributed by atoms with E-state index in [0.29, 0.717) is 17.0 Å². The van der Waals surface area contributed by atoms with Crippen molar-refractivity contribution in [2.75, 3.05) is 19.4 Å². The lowest BCUT2D eigenvalue weighted by Crippen LogP contribution is -2.46. The fourth-order valence-electron chi connectivity index (χ4n) is 2.52. The molecule has 22 heavy (non-hydrogen) atoms. The van der Waals surface area contributed by atoms with Crippen molar-refractivity contribution in [3.63, 3.8) is 0 Å². The minimum Gasteiger partial charge on any atom is -0.387 e. The number of aliphatic hydroxyl groups excluding tert-OH is 1. The van der Waals surface area contributed by atoms with Crippen LogP contribution in [0.1, 0.15) is 6.23 Å². The number of nitrogens with one attached hydrogen (secondary N) is 2. The minimum absolute atomic E-state index is 0.385. The highest BCUT2D eigenvalue weighted by atomic mass is 16.5. The summed E-state index contributed by atoms with van der Waals surface area (Å²) in [6, 6.07) is -0.840. The first kappa shape index (κ1) is 14.6. The smallest absolute Gasteiger partial charge is 0.250 e. The number of hydrogen-bond donors (Lipinski definition) is 4. The van der Waals surface area contributed by atoms with Gasteiger partial charge in [-0.15, -0.1) is 0 Å². The Morgan fingerprint density at radius 2 is 2.18 bits per heavy atom. The molecule has 1 aliphatic heterocycles. The van der Waals surface area contributed by atoms with Crippen molar-refractivity contribution in [2.24, 2.45) is 5.73 Å². The Kier molecular flexibility index (Phi) is 3.64. The summed E-state index contributed by atoms with van der Waals surface area (Å²) >= 11 is 0. The van der Waals surface area contributed by atoms with Gasteiger partial charge in [0.2, 0.25) is 0 Å². The van der Waals surface area contributed by atoms with Crippen molar-refractivity contribution in [3.05, 3.63) is 12.7 Å². The van der Waals surface area contributed by atoms with Crippen molar-refractivity contribution in [1.82, 2.24) is 24.8 Å². The maximum atomic E-state index is 11.8. The monoisotopic (exact) mass is 307 g/mol. The van der Waals surface area contributed by atoms with Gasteiger partial charge in [-0.1, -0.05) is 0 Å². The standard InChI is InChI=1S/C12H17N7O3/c1-14-9-6-10(17-3-16-9)19(4-18-6)12-7(20)5(13)8(22-12)11(21)15-2/h3-5,7-8,12,20H,13H2,1-2H3,(H,15,21)(H,14,16,17)/t5-,7+,8-,12+/m1/s1. The molecule has 3 rings (SSSR count). The van der Waals surface area contributed by atoms with Crippen LogP contribution in [0.2, 0.25) is 0 Å². The van der Waals surface area contributed by atoms with Crippen LogP contribution in [-0.4, -0.2) is 62.9 Å². The summed E-state index contributed by atoms with van der Waals surface area (Å²) in [6.45, 7) is 0. The molecule has 0 unspecified atom stereocenters. The third-order valence-corrected chi connectivity index (χ3v) is 3.70. The summed E-state index contributed by atoms with van der Waals surface area (Å²) in [7, 11) is 3.20. The van der Waals surface area contributed by atoms with Crippen LogP contribution in [0.15, 0.2) is 12.7 Å². The first-order valence-corrected chi connectivity index (χ1v) is 6.74. The number of carbonyl (C=O) groups excluding carboxylic acids is 1. The molecule has 10 heteroatoms. The van der Waals surface area contributed by atoms with Crippen LogP contribution in [0.4, 0.5) is 5.82 Å². The molecule has 0 radical (unpaired) electrons. The zero-order valence-corrected chi connectivity index (χ0v) is 12.1. The third-order valence-electron chi connectivity index (χ3n) is 3.70. The van der Waals surface area contributed by atoms with Gasteiger partial charge in [0, 0.05) is 14.1 Å². The van der Waals surface area contributed by atoms with Crippen molar-refractivity contribution in [1.29, 1.82) is 0 Å². The number of anilines is 1. The SMILES string of the molecule is CNC(=O)[C@@H]1O[C@H](n2cnc3c(NC)ncnc32)[C@@H](O)[C@H]1N. The lowest BCUT2D eigenvalue weighted by Gasteiger charge is -2.16. The summed E-state index contributed by atoms with van der Waals surface area (Å²) < 4.78 is 7.17. The highest BCUT2D eigenvalue weighted by Gasteiger charge is 2.46. The van der Waals surface area contributed by atoms with Crippen molar-refractivity contribution in [3.8, 4) is 0 Å². The Morgan fingerprint density at radius 3 is 2.86 bits per heavy atom. The van der Waals surface area contributed by atoms with Gasteiger partial charge >= 0.3 is 0 Å². The zero-order chi connectivity index (χ0) is 15.9. The number of ether oxygens (including phenoxy) is 1. The molecule has 2 aromatic rings. The highest BCUT2D eigenvalue weighted by Crippen LogP contribution is 2.31. The van der Waals surface area contributed by atoms with E-state index >= 15 is 0 Å². The second kappa shape index (κ2) is 5.48. The lowest BCUT2D eigenvalue weighted by molar-refractivity contribution is -0.134. The van der Waals surface area contributed by atoms with E-state index in [1.54, 1.807) is 11.6 Å². The molecule has 0 bridgehead atoms. The number of nitrogens with two attached hydrogens (primary N) is 1. The molecular formula is C12H17N7O3. The van der Waals surface area contributed by atoms with Crippen LogP contribution in [-0.2, 0) is 9.53 Å². The molecule has 0 saturated carbocycles. The van der Waals surface area contributed by atoms with Gasteiger partial charge in [-0.3, -0.25) is 9.36 Å². The second-order valence-electron chi connectivity index (χ2n) is 4.93. The van der Waals surface area contributed by atoms with E-state index in [-0.39, 0.29) is 5.91 Å². The number of aliphatic hydroxyl groups is 1. The maximum absolute atomic E-state index is 11.8. The number of rotatable bonds is 3. The summed E-state index contributed by atoms with van der Waals surface area (Å²) in [4.78, 5) is 24.2. The molecule has 10 nitrogen and oxygen atoms in total. The first-order chi connectivity index (χ1) is 10.6. The Balaban J connectivity index is 2.00. The number of amides is 1. The van der Waals surface area contributed by atoms with E-state index < -0.39 is 24.5 Å². The third kappa shape index (κ3) is 2.08.